The van der Waals surface area contributed by atoms with Gasteiger partial charge in [-0.15, -0.1) is 11.8 Å². The summed E-state index contributed by atoms with van der Waals surface area (Å²) in [6.07, 6.45) is 3.94. The Morgan fingerprint density at radius 3 is 1.56 bits per heavy atom. The molecule has 2 fully saturated rings. The van der Waals surface area contributed by atoms with Crippen LogP contribution in [0.4, 0.5) is 0 Å². The molecule has 0 aromatic heterocycles. The van der Waals surface area contributed by atoms with Crippen molar-refractivity contribution in [3.8, 4) is 0 Å². The van der Waals surface area contributed by atoms with Crippen LogP contribution in [0.3, 0.4) is 0 Å². The van der Waals surface area contributed by atoms with Gasteiger partial charge in [0, 0.05) is 4.91 Å². The minimum absolute atomic E-state index is 0.0176. The average Bonchev–Trinajstić information content (AvgIpc) is 3.30. The first kappa shape index (κ1) is 17.0. The predicted molar refractivity (Wildman–Crippen MR) is 110 cm³/mol. The van der Waals surface area contributed by atoms with Gasteiger partial charge in [0.1, 0.15) is 4.75 Å². The molecule has 2 aliphatic rings. The number of rotatable bonds is 2. The summed E-state index contributed by atoms with van der Waals surface area (Å²) in [6.45, 7) is 9.82. The normalized spacial score (nSPS) is 23.4. The molecule has 1 saturated carbocycles. The first-order valence-corrected chi connectivity index (χ1v) is 10.3. The fraction of sp³-hybridized carbons (Fsp3) is 0.417. The van der Waals surface area contributed by atoms with Gasteiger partial charge in [0.05, 0.1) is 0 Å². The van der Waals surface area contributed by atoms with Gasteiger partial charge in [-0.05, 0) is 40.4 Å². The zero-order valence-electron chi connectivity index (χ0n) is 15.8. The number of allylic oxidation sites excluding steroid dienone is 1. The van der Waals surface area contributed by atoms with E-state index in [4.69, 9.17) is 0 Å². The third-order valence-corrected chi connectivity index (χ3v) is 7.57. The van der Waals surface area contributed by atoms with Crippen molar-refractivity contribution in [3.05, 3.63) is 82.3 Å². The molecule has 1 aliphatic heterocycles. The van der Waals surface area contributed by atoms with E-state index < -0.39 is 0 Å². The van der Waals surface area contributed by atoms with E-state index >= 15 is 0 Å². The predicted octanol–water partition coefficient (Wildman–Crippen LogP) is 7.17. The van der Waals surface area contributed by atoms with Crippen LogP contribution < -0.4 is 0 Å². The van der Waals surface area contributed by atoms with Crippen molar-refractivity contribution in [2.45, 2.75) is 51.7 Å². The molecular weight excluding hydrogens is 320 g/mol. The first-order valence-electron chi connectivity index (χ1n) is 9.44. The van der Waals surface area contributed by atoms with Gasteiger partial charge in [-0.2, -0.15) is 0 Å². The Morgan fingerprint density at radius 1 is 0.680 bits per heavy atom. The zero-order chi connectivity index (χ0) is 17.7. The molecular formula is C24H28S. The van der Waals surface area contributed by atoms with Gasteiger partial charge in [-0.25, -0.2) is 0 Å². The summed E-state index contributed by atoms with van der Waals surface area (Å²) in [5, 5.41) is 0. The summed E-state index contributed by atoms with van der Waals surface area (Å²) in [5.41, 5.74) is 5.12. The molecule has 2 aromatic rings. The fourth-order valence-electron chi connectivity index (χ4n) is 5.00. The molecule has 1 saturated heterocycles. The molecule has 1 heteroatoms. The van der Waals surface area contributed by atoms with Crippen LogP contribution in [0, 0.1) is 10.8 Å². The number of thioether (sulfide) groups is 1. The highest BCUT2D eigenvalue weighted by Gasteiger charge is 2.58. The molecule has 0 atom stereocenters. The van der Waals surface area contributed by atoms with E-state index in [1.54, 1.807) is 10.5 Å². The zero-order valence-corrected chi connectivity index (χ0v) is 16.6. The van der Waals surface area contributed by atoms with Crippen LogP contribution in [0.25, 0.3) is 0 Å². The lowest BCUT2D eigenvalue weighted by Gasteiger charge is -2.44. The SMILES string of the molecule is CC1(C)CCCC(C)(C)C1=C1SC1(c1ccccc1)c1ccccc1. The van der Waals surface area contributed by atoms with Crippen molar-refractivity contribution in [3.63, 3.8) is 0 Å². The third-order valence-electron chi connectivity index (χ3n) is 6.08. The molecule has 0 radical (unpaired) electrons. The number of hydrogen-bond acceptors (Lipinski definition) is 1. The van der Waals surface area contributed by atoms with Crippen molar-refractivity contribution >= 4 is 11.8 Å². The Hall–Kier alpha value is -1.47. The quantitative estimate of drug-likeness (QED) is 0.518. The van der Waals surface area contributed by atoms with Gasteiger partial charge < -0.3 is 0 Å². The van der Waals surface area contributed by atoms with E-state index in [2.05, 4.69) is 100 Å². The smallest absolute Gasteiger partial charge is 0.101 e. The molecule has 25 heavy (non-hydrogen) atoms. The first-order chi connectivity index (χ1) is 11.9. The van der Waals surface area contributed by atoms with Crippen molar-refractivity contribution < 1.29 is 0 Å². The standard InChI is InChI=1S/C24H28S/c1-22(2)16-11-17-23(3,4)20(22)21-24(25-21,18-12-7-5-8-13-18)19-14-9-6-10-15-19/h5-10,12-15H,11,16-17H2,1-4H3. The van der Waals surface area contributed by atoms with Crippen molar-refractivity contribution in [1.29, 1.82) is 0 Å². The summed E-state index contributed by atoms with van der Waals surface area (Å²) in [7, 11) is 0. The van der Waals surface area contributed by atoms with Crippen LogP contribution in [0.5, 0.6) is 0 Å². The molecule has 0 bridgehead atoms. The topological polar surface area (TPSA) is 0 Å². The molecule has 1 heterocycles. The molecule has 1 aliphatic carbocycles. The maximum Gasteiger partial charge on any atom is 0.101 e. The molecule has 0 nitrogen and oxygen atoms in total. The molecule has 0 unspecified atom stereocenters. The Bertz CT molecular complexity index is 739. The number of hydrogen-bond donors (Lipinski definition) is 0. The van der Waals surface area contributed by atoms with E-state index in [-0.39, 0.29) is 15.6 Å². The molecule has 0 spiro atoms. The van der Waals surface area contributed by atoms with Gasteiger partial charge in [0.25, 0.3) is 0 Å². The number of benzene rings is 2. The minimum Gasteiger partial charge on any atom is -0.106 e. The summed E-state index contributed by atoms with van der Waals surface area (Å²) in [6, 6.07) is 22.2. The molecule has 4 rings (SSSR count). The van der Waals surface area contributed by atoms with E-state index in [9.17, 15) is 0 Å². The Labute approximate surface area is 156 Å². The lowest BCUT2D eigenvalue weighted by atomic mass is 9.60. The van der Waals surface area contributed by atoms with Crippen LogP contribution in [0.15, 0.2) is 71.1 Å². The fourth-order valence-corrected chi connectivity index (χ4v) is 6.76. The van der Waals surface area contributed by atoms with E-state index in [0.29, 0.717) is 0 Å². The summed E-state index contributed by atoms with van der Waals surface area (Å²) in [4.78, 5) is 1.61. The van der Waals surface area contributed by atoms with E-state index in [1.807, 2.05) is 0 Å². The lowest BCUT2D eigenvalue weighted by Crippen LogP contribution is -2.33. The highest BCUT2D eigenvalue weighted by molar-refractivity contribution is 8.12. The second-order valence-corrected chi connectivity index (χ2v) is 10.1. The van der Waals surface area contributed by atoms with Crippen LogP contribution >= 0.6 is 11.8 Å². The van der Waals surface area contributed by atoms with Gasteiger partial charge in [-0.1, -0.05) is 94.8 Å². The molecule has 2 aromatic carbocycles. The summed E-state index contributed by atoms with van der Waals surface area (Å²) >= 11 is 2.08. The summed E-state index contributed by atoms with van der Waals surface area (Å²) < 4.78 is 0.0176. The Morgan fingerprint density at radius 2 is 1.12 bits per heavy atom. The Kier molecular flexibility index (Phi) is 3.92. The minimum atomic E-state index is 0.0176. The second-order valence-electron chi connectivity index (χ2n) is 8.84. The lowest BCUT2D eigenvalue weighted by molar-refractivity contribution is 0.214. The molecule has 0 N–H and O–H groups in total. The average molecular weight is 349 g/mol. The van der Waals surface area contributed by atoms with Gasteiger partial charge in [-0.3, -0.25) is 0 Å². The van der Waals surface area contributed by atoms with E-state index in [1.165, 1.54) is 30.4 Å². The van der Waals surface area contributed by atoms with Gasteiger partial charge in [0.15, 0.2) is 0 Å². The molecule has 130 valence electrons. The Balaban J connectivity index is 1.95. The monoisotopic (exact) mass is 348 g/mol. The molecule has 0 amide bonds. The van der Waals surface area contributed by atoms with Crippen LogP contribution in [0.2, 0.25) is 0 Å². The largest absolute Gasteiger partial charge is 0.106 e. The highest BCUT2D eigenvalue weighted by atomic mass is 32.2. The highest BCUT2D eigenvalue weighted by Crippen LogP contribution is 2.73. The van der Waals surface area contributed by atoms with Gasteiger partial charge >= 0.3 is 0 Å². The second kappa shape index (κ2) is 5.77. The third kappa shape index (κ3) is 2.68. The van der Waals surface area contributed by atoms with E-state index in [0.717, 1.165) is 0 Å². The van der Waals surface area contributed by atoms with Crippen LogP contribution in [0.1, 0.15) is 58.1 Å². The maximum absolute atomic E-state index is 2.45. The van der Waals surface area contributed by atoms with Gasteiger partial charge in [0.2, 0.25) is 0 Å². The summed E-state index contributed by atoms with van der Waals surface area (Å²) in [5.74, 6) is 0. The van der Waals surface area contributed by atoms with Crippen LogP contribution in [-0.4, -0.2) is 0 Å². The van der Waals surface area contributed by atoms with Crippen molar-refractivity contribution in [2.75, 3.05) is 0 Å². The van der Waals surface area contributed by atoms with Crippen molar-refractivity contribution in [1.82, 2.24) is 0 Å². The van der Waals surface area contributed by atoms with Crippen molar-refractivity contribution in [2.24, 2.45) is 10.8 Å². The maximum atomic E-state index is 2.45. The van der Waals surface area contributed by atoms with Crippen LogP contribution in [-0.2, 0) is 4.75 Å².